The van der Waals surface area contributed by atoms with Gasteiger partial charge < -0.3 is 14.8 Å². The molecule has 1 aliphatic heterocycles. The normalized spacial score (nSPS) is 36.6. The van der Waals surface area contributed by atoms with Crippen LogP contribution >= 0.6 is 0 Å². The van der Waals surface area contributed by atoms with Crippen LogP contribution in [0.1, 0.15) is 52.9 Å². The first-order valence-corrected chi connectivity index (χ1v) is 7.81. The average Bonchev–Trinajstić information content (AvgIpc) is 2.85. The van der Waals surface area contributed by atoms with Gasteiger partial charge in [-0.1, -0.05) is 20.8 Å². The minimum atomic E-state index is -0.0686. The highest BCUT2D eigenvalue weighted by Crippen LogP contribution is 2.37. The molecule has 1 heterocycles. The predicted molar refractivity (Wildman–Crippen MR) is 78.4 cm³/mol. The van der Waals surface area contributed by atoms with Gasteiger partial charge in [-0.05, 0) is 37.0 Å². The van der Waals surface area contributed by atoms with Gasteiger partial charge in [0.1, 0.15) is 5.60 Å². The second kappa shape index (κ2) is 6.11. The summed E-state index contributed by atoms with van der Waals surface area (Å²) in [5.74, 6) is 0.886. The van der Waals surface area contributed by atoms with Crippen molar-refractivity contribution in [2.45, 2.75) is 64.5 Å². The standard InChI is InChI=1S/C16H31NO2/c1-15(2,3)13-5-7-14(8-6-13)17-11-16(18-4)9-10-19-12-16/h13-14,17H,5-12H2,1-4H3. The zero-order valence-electron chi connectivity index (χ0n) is 13.1. The van der Waals surface area contributed by atoms with Crippen LogP contribution in [0.15, 0.2) is 0 Å². The van der Waals surface area contributed by atoms with Crippen LogP contribution in [0.5, 0.6) is 0 Å². The molecule has 0 aromatic carbocycles. The average molecular weight is 269 g/mol. The molecular formula is C16H31NO2. The molecule has 3 nitrogen and oxygen atoms in total. The topological polar surface area (TPSA) is 30.5 Å². The van der Waals surface area contributed by atoms with E-state index in [1.807, 2.05) is 7.11 Å². The molecule has 1 saturated heterocycles. The van der Waals surface area contributed by atoms with E-state index in [1.54, 1.807) is 0 Å². The Bertz CT molecular complexity index is 271. The zero-order chi connectivity index (χ0) is 13.9. The van der Waals surface area contributed by atoms with Crippen molar-refractivity contribution in [2.24, 2.45) is 11.3 Å². The monoisotopic (exact) mass is 269 g/mol. The lowest BCUT2D eigenvalue weighted by Crippen LogP contribution is -2.47. The van der Waals surface area contributed by atoms with Crippen molar-refractivity contribution in [3.05, 3.63) is 0 Å². The SMILES string of the molecule is COC1(CNC2CCC(C(C)(C)C)CC2)CCOC1. The van der Waals surface area contributed by atoms with Gasteiger partial charge in [0.15, 0.2) is 0 Å². The number of hydrogen-bond donors (Lipinski definition) is 1. The number of rotatable bonds is 4. The van der Waals surface area contributed by atoms with Crippen molar-refractivity contribution in [2.75, 3.05) is 26.9 Å². The van der Waals surface area contributed by atoms with Gasteiger partial charge in [-0.2, -0.15) is 0 Å². The Hall–Kier alpha value is -0.120. The van der Waals surface area contributed by atoms with E-state index in [2.05, 4.69) is 26.1 Å². The summed E-state index contributed by atoms with van der Waals surface area (Å²) >= 11 is 0. The molecule has 0 bridgehead atoms. The van der Waals surface area contributed by atoms with Crippen LogP contribution in [0.25, 0.3) is 0 Å². The largest absolute Gasteiger partial charge is 0.378 e. The van der Waals surface area contributed by atoms with Crippen molar-refractivity contribution in [3.63, 3.8) is 0 Å². The number of nitrogens with one attached hydrogen (secondary N) is 1. The molecule has 0 radical (unpaired) electrons. The third-order valence-electron chi connectivity index (χ3n) is 5.16. The molecule has 112 valence electrons. The Labute approximate surface area is 118 Å². The summed E-state index contributed by atoms with van der Waals surface area (Å²) in [5, 5.41) is 3.72. The summed E-state index contributed by atoms with van der Waals surface area (Å²) in [6, 6.07) is 0.672. The number of ether oxygens (including phenoxy) is 2. The summed E-state index contributed by atoms with van der Waals surface area (Å²) < 4.78 is 11.2. The molecule has 2 rings (SSSR count). The maximum Gasteiger partial charge on any atom is 0.106 e. The van der Waals surface area contributed by atoms with Gasteiger partial charge in [0.05, 0.1) is 6.61 Å². The fourth-order valence-electron chi connectivity index (χ4n) is 3.45. The van der Waals surface area contributed by atoms with E-state index in [0.29, 0.717) is 11.5 Å². The highest BCUT2D eigenvalue weighted by molar-refractivity contribution is 4.90. The smallest absolute Gasteiger partial charge is 0.106 e. The molecule has 19 heavy (non-hydrogen) atoms. The Morgan fingerprint density at radius 1 is 1.21 bits per heavy atom. The maximum atomic E-state index is 5.68. The molecule has 1 aliphatic carbocycles. The molecule has 0 aromatic heterocycles. The van der Waals surface area contributed by atoms with E-state index in [9.17, 15) is 0 Å². The molecular weight excluding hydrogens is 238 g/mol. The molecule has 1 unspecified atom stereocenters. The molecule has 1 saturated carbocycles. The zero-order valence-corrected chi connectivity index (χ0v) is 13.1. The minimum Gasteiger partial charge on any atom is -0.378 e. The van der Waals surface area contributed by atoms with Crippen LogP contribution in [0.3, 0.4) is 0 Å². The highest BCUT2D eigenvalue weighted by Gasteiger charge is 2.36. The van der Waals surface area contributed by atoms with Crippen LogP contribution in [0, 0.1) is 11.3 Å². The van der Waals surface area contributed by atoms with Gasteiger partial charge in [-0.3, -0.25) is 0 Å². The van der Waals surface area contributed by atoms with E-state index in [1.165, 1.54) is 25.7 Å². The van der Waals surface area contributed by atoms with Gasteiger partial charge in [0.2, 0.25) is 0 Å². The van der Waals surface area contributed by atoms with Crippen LogP contribution < -0.4 is 5.32 Å². The van der Waals surface area contributed by atoms with Gasteiger partial charge in [0.25, 0.3) is 0 Å². The molecule has 3 heteroatoms. The van der Waals surface area contributed by atoms with Crippen LogP contribution in [0.2, 0.25) is 0 Å². The minimum absolute atomic E-state index is 0.0686. The van der Waals surface area contributed by atoms with Gasteiger partial charge in [-0.15, -0.1) is 0 Å². The molecule has 0 aromatic rings. The lowest BCUT2D eigenvalue weighted by atomic mass is 9.71. The molecule has 2 fully saturated rings. The fourth-order valence-corrected chi connectivity index (χ4v) is 3.45. The van der Waals surface area contributed by atoms with Crippen LogP contribution in [-0.4, -0.2) is 38.5 Å². The summed E-state index contributed by atoms with van der Waals surface area (Å²) in [6.07, 6.45) is 6.36. The highest BCUT2D eigenvalue weighted by atomic mass is 16.5. The van der Waals surface area contributed by atoms with Crippen molar-refractivity contribution in [3.8, 4) is 0 Å². The van der Waals surface area contributed by atoms with Crippen molar-refractivity contribution in [1.29, 1.82) is 0 Å². The Balaban J connectivity index is 1.74. The first-order valence-electron chi connectivity index (χ1n) is 7.81. The van der Waals surface area contributed by atoms with E-state index in [-0.39, 0.29) is 5.60 Å². The van der Waals surface area contributed by atoms with Gasteiger partial charge in [-0.25, -0.2) is 0 Å². The van der Waals surface area contributed by atoms with Gasteiger partial charge >= 0.3 is 0 Å². The van der Waals surface area contributed by atoms with E-state index >= 15 is 0 Å². The quantitative estimate of drug-likeness (QED) is 0.851. The Morgan fingerprint density at radius 2 is 1.89 bits per heavy atom. The molecule has 1 N–H and O–H groups in total. The van der Waals surface area contributed by atoms with Crippen molar-refractivity contribution >= 4 is 0 Å². The Morgan fingerprint density at radius 3 is 2.37 bits per heavy atom. The molecule has 1 atom stereocenters. The predicted octanol–water partition coefficient (Wildman–Crippen LogP) is 2.99. The second-order valence-corrected chi connectivity index (χ2v) is 7.49. The van der Waals surface area contributed by atoms with E-state index in [4.69, 9.17) is 9.47 Å². The first kappa shape index (κ1) is 15.3. The molecule has 0 amide bonds. The second-order valence-electron chi connectivity index (χ2n) is 7.49. The van der Waals surface area contributed by atoms with Crippen LogP contribution in [-0.2, 0) is 9.47 Å². The van der Waals surface area contributed by atoms with Gasteiger partial charge in [0, 0.05) is 32.7 Å². The summed E-state index contributed by atoms with van der Waals surface area (Å²) in [7, 11) is 1.81. The summed E-state index contributed by atoms with van der Waals surface area (Å²) in [6.45, 7) is 9.65. The summed E-state index contributed by atoms with van der Waals surface area (Å²) in [4.78, 5) is 0. The molecule has 2 aliphatic rings. The van der Waals surface area contributed by atoms with E-state index in [0.717, 1.165) is 32.1 Å². The van der Waals surface area contributed by atoms with Crippen molar-refractivity contribution < 1.29 is 9.47 Å². The van der Waals surface area contributed by atoms with Crippen LogP contribution in [0.4, 0.5) is 0 Å². The Kier molecular flexibility index (Phi) is 4.91. The fraction of sp³-hybridized carbons (Fsp3) is 1.00. The maximum absolute atomic E-state index is 5.68. The third kappa shape index (κ3) is 3.93. The lowest BCUT2D eigenvalue weighted by Gasteiger charge is -2.38. The van der Waals surface area contributed by atoms with Crippen molar-refractivity contribution in [1.82, 2.24) is 5.32 Å². The third-order valence-corrected chi connectivity index (χ3v) is 5.16. The first-order chi connectivity index (χ1) is 8.95. The molecule has 0 spiro atoms. The number of methoxy groups -OCH3 is 1. The summed E-state index contributed by atoms with van der Waals surface area (Å²) in [5.41, 5.74) is 0.402. The lowest BCUT2D eigenvalue weighted by molar-refractivity contribution is -0.0189. The van der Waals surface area contributed by atoms with E-state index < -0.39 is 0 Å². The number of hydrogen-bond acceptors (Lipinski definition) is 3.